The maximum atomic E-state index is 12.2. The number of hydrogen-bond acceptors (Lipinski definition) is 5. The molecule has 0 saturated heterocycles. The lowest BCUT2D eigenvalue weighted by molar-refractivity contribution is 0.286. The maximum Gasteiger partial charge on any atom is 0.384 e. The molecule has 9 heteroatoms. The molecule has 2 aromatic rings. The highest BCUT2D eigenvalue weighted by atomic mass is 35.5. The topological polar surface area (TPSA) is 81.3 Å². The van der Waals surface area contributed by atoms with Crippen LogP contribution in [0.4, 0.5) is 0 Å². The van der Waals surface area contributed by atoms with Gasteiger partial charge in [-0.1, -0.05) is 23.2 Å². The van der Waals surface area contributed by atoms with E-state index in [-0.39, 0.29) is 15.5 Å². The fourth-order valence-electron chi connectivity index (χ4n) is 1.51. The van der Waals surface area contributed by atoms with Crippen molar-refractivity contribution in [3.05, 3.63) is 32.5 Å². The summed E-state index contributed by atoms with van der Waals surface area (Å²) in [7, 11) is -1.39. The smallest absolute Gasteiger partial charge is 0.318 e. The molecule has 0 amide bonds. The van der Waals surface area contributed by atoms with Crippen LogP contribution < -0.4 is 11.0 Å². The van der Waals surface area contributed by atoms with Gasteiger partial charge in [0, 0.05) is 14.2 Å². The Morgan fingerprint density at radius 3 is 2.37 bits per heavy atom. The zero-order valence-electron chi connectivity index (χ0n) is 9.94. The van der Waals surface area contributed by atoms with Gasteiger partial charge in [-0.3, -0.25) is 9.36 Å². The highest BCUT2D eigenvalue weighted by Crippen LogP contribution is 2.43. The van der Waals surface area contributed by atoms with Crippen molar-refractivity contribution in [2.75, 3.05) is 14.2 Å². The Morgan fingerprint density at radius 1 is 1.21 bits per heavy atom. The molecule has 0 radical (unpaired) electrons. The van der Waals surface area contributed by atoms with Crippen LogP contribution >= 0.6 is 30.8 Å². The molecule has 1 aromatic heterocycles. The summed E-state index contributed by atoms with van der Waals surface area (Å²) in [4.78, 5) is 18.4. The number of fused-ring (bicyclic) bond motifs is 1. The number of nitrogens with one attached hydrogen (secondary N) is 1. The lowest BCUT2D eigenvalue weighted by Crippen LogP contribution is -2.31. The van der Waals surface area contributed by atoms with Crippen LogP contribution in [0.5, 0.6) is 0 Å². The van der Waals surface area contributed by atoms with Crippen molar-refractivity contribution in [3.8, 4) is 0 Å². The van der Waals surface area contributed by atoms with Crippen LogP contribution in [-0.4, -0.2) is 24.2 Å². The summed E-state index contributed by atoms with van der Waals surface area (Å²) in [6.45, 7) is 0. The van der Waals surface area contributed by atoms with E-state index < -0.39 is 13.2 Å². The minimum Gasteiger partial charge on any atom is -0.318 e. The molecule has 1 heterocycles. The summed E-state index contributed by atoms with van der Waals surface area (Å²) in [6, 6.07) is 2.91. The van der Waals surface area contributed by atoms with Crippen molar-refractivity contribution >= 4 is 47.3 Å². The predicted octanol–water partition coefficient (Wildman–Crippen LogP) is 2.34. The first-order valence-electron chi connectivity index (χ1n) is 5.02. The molecule has 0 saturated carbocycles. The first-order valence-corrected chi connectivity index (χ1v) is 7.32. The van der Waals surface area contributed by atoms with E-state index >= 15 is 0 Å². The van der Waals surface area contributed by atoms with E-state index in [9.17, 15) is 9.36 Å². The Hall–Kier alpha value is -0.910. The van der Waals surface area contributed by atoms with Gasteiger partial charge in [0.05, 0.1) is 21.1 Å². The van der Waals surface area contributed by atoms with Crippen LogP contribution in [0.2, 0.25) is 10.0 Å². The van der Waals surface area contributed by atoms with Gasteiger partial charge in [-0.15, -0.1) is 0 Å². The molecular formula is C10H9Cl2N2O4P. The van der Waals surface area contributed by atoms with Gasteiger partial charge in [0.1, 0.15) is 0 Å². The second kappa shape index (κ2) is 5.23. The molecule has 1 N–H and O–H groups in total. The fourth-order valence-corrected chi connectivity index (χ4v) is 2.86. The molecule has 0 spiro atoms. The van der Waals surface area contributed by atoms with E-state index in [1.807, 2.05) is 0 Å². The zero-order valence-corrected chi connectivity index (χ0v) is 12.3. The lowest BCUT2D eigenvalue weighted by atomic mass is 10.3. The van der Waals surface area contributed by atoms with Crippen LogP contribution in [0, 0.1) is 0 Å². The summed E-state index contributed by atoms with van der Waals surface area (Å²) < 4.78 is 21.7. The van der Waals surface area contributed by atoms with Gasteiger partial charge in [0.25, 0.3) is 5.56 Å². The van der Waals surface area contributed by atoms with Crippen LogP contribution in [0.3, 0.4) is 0 Å². The van der Waals surface area contributed by atoms with E-state index in [0.717, 1.165) is 0 Å². The number of H-pyrrole nitrogens is 1. The van der Waals surface area contributed by atoms with Gasteiger partial charge in [-0.05, 0) is 12.1 Å². The third-order valence-corrected chi connectivity index (χ3v) is 4.96. The Balaban J connectivity index is 2.79. The monoisotopic (exact) mass is 322 g/mol. The summed E-state index contributed by atoms with van der Waals surface area (Å²) in [6.07, 6.45) is 0. The van der Waals surface area contributed by atoms with Crippen LogP contribution in [-0.2, 0) is 13.6 Å². The van der Waals surface area contributed by atoms with Crippen LogP contribution in [0.1, 0.15) is 0 Å². The summed E-state index contributed by atoms with van der Waals surface area (Å²) >= 11 is 11.7. The summed E-state index contributed by atoms with van der Waals surface area (Å²) in [5, 5.41) is 0.547. The Labute approximate surface area is 118 Å². The number of aromatic amines is 1. The largest absolute Gasteiger partial charge is 0.384 e. The highest BCUT2D eigenvalue weighted by molar-refractivity contribution is 7.61. The standard InChI is InChI=1S/C10H9Cl2N2O4P/c1-17-19(16,18-2)10-9(15)13-7-3-5(11)6(12)4-8(7)14-10/h3-4H,1-2H3,(H,13,15). The molecule has 0 aliphatic carbocycles. The minimum atomic E-state index is -3.73. The fraction of sp³-hybridized carbons (Fsp3) is 0.200. The minimum absolute atomic E-state index is 0.268. The van der Waals surface area contributed by atoms with E-state index in [1.165, 1.54) is 26.4 Å². The van der Waals surface area contributed by atoms with Crippen LogP contribution in [0.15, 0.2) is 16.9 Å². The van der Waals surface area contributed by atoms with Crippen molar-refractivity contribution < 1.29 is 13.6 Å². The number of rotatable bonds is 3. The molecule has 0 atom stereocenters. The van der Waals surface area contributed by atoms with Gasteiger partial charge < -0.3 is 14.0 Å². The highest BCUT2D eigenvalue weighted by Gasteiger charge is 2.30. The van der Waals surface area contributed by atoms with Gasteiger partial charge in [0.15, 0.2) is 0 Å². The Morgan fingerprint density at radius 2 is 1.79 bits per heavy atom. The molecule has 102 valence electrons. The van der Waals surface area contributed by atoms with Crippen molar-refractivity contribution in [2.24, 2.45) is 0 Å². The number of aromatic nitrogens is 2. The third-order valence-electron chi connectivity index (χ3n) is 2.46. The number of benzene rings is 1. The third kappa shape index (κ3) is 2.55. The lowest BCUT2D eigenvalue weighted by Gasteiger charge is -2.12. The van der Waals surface area contributed by atoms with Crippen LogP contribution in [0.25, 0.3) is 11.0 Å². The normalized spacial score (nSPS) is 12.0. The molecule has 0 unspecified atom stereocenters. The number of halogens is 2. The first-order chi connectivity index (χ1) is 8.91. The SMILES string of the molecule is COP(=O)(OC)c1nc2cc(Cl)c(Cl)cc2[nH]c1=O. The van der Waals surface area contributed by atoms with E-state index in [2.05, 4.69) is 9.97 Å². The van der Waals surface area contributed by atoms with Gasteiger partial charge in [-0.2, -0.15) is 0 Å². The molecular weight excluding hydrogens is 314 g/mol. The number of nitrogens with zero attached hydrogens (tertiary/aromatic N) is 1. The van der Waals surface area contributed by atoms with Gasteiger partial charge >= 0.3 is 7.60 Å². The van der Waals surface area contributed by atoms with Crippen molar-refractivity contribution in [3.63, 3.8) is 0 Å². The first kappa shape index (κ1) is 14.5. The molecule has 2 rings (SSSR count). The quantitative estimate of drug-likeness (QED) is 0.877. The van der Waals surface area contributed by atoms with E-state index in [4.69, 9.17) is 32.2 Å². The average Bonchev–Trinajstić information content (AvgIpc) is 2.39. The molecule has 0 fully saturated rings. The van der Waals surface area contributed by atoms with Crippen molar-refractivity contribution in [1.82, 2.24) is 9.97 Å². The molecule has 0 aliphatic rings. The second-order valence-corrected chi connectivity index (χ2v) is 6.50. The van der Waals surface area contributed by atoms with Gasteiger partial charge in [0.2, 0.25) is 5.44 Å². The molecule has 6 nitrogen and oxygen atoms in total. The summed E-state index contributed by atoms with van der Waals surface area (Å²) in [5.41, 5.74) is -0.290. The zero-order chi connectivity index (χ0) is 14.2. The van der Waals surface area contributed by atoms with E-state index in [1.54, 1.807) is 0 Å². The second-order valence-electron chi connectivity index (χ2n) is 3.54. The summed E-state index contributed by atoms with van der Waals surface area (Å²) in [5.74, 6) is 0. The Kier molecular flexibility index (Phi) is 3.99. The van der Waals surface area contributed by atoms with E-state index in [0.29, 0.717) is 11.0 Å². The molecule has 0 aliphatic heterocycles. The van der Waals surface area contributed by atoms with Crippen molar-refractivity contribution in [1.29, 1.82) is 0 Å². The average molecular weight is 323 g/mol. The van der Waals surface area contributed by atoms with Gasteiger partial charge in [-0.25, -0.2) is 4.98 Å². The van der Waals surface area contributed by atoms with Crippen molar-refractivity contribution in [2.45, 2.75) is 0 Å². The predicted molar refractivity (Wildman–Crippen MR) is 73.6 cm³/mol. The maximum absolute atomic E-state index is 12.2. The molecule has 19 heavy (non-hydrogen) atoms. The Bertz CT molecular complexity index is 738. The molecule has 0 bridgehead atoms. The number of hydrogen-bond donors (Lipinski definition) is 1. The molecule has 1 aromatic carbocycles.